The molecule has 5 nitrogen and oxygen atoms in total. The van der Waals surface area contributed by atoms with Gasteiger partial charge in [0.2, 0.25) is 11.8 Å². The molecule has 5 heteroatoms. The lowest BCUT2D eigenvalue weighted by Gasteiger charge is -2.17. The Morgan fingerprint density at radius 2 is 2.43 bits per heavy atom. The molecule has 80 valence electrons. The fourth-order valence-electron chi connectivity index (χ4n) is 1.41. The van der Waals surface area contributed by atoms with Gasteiger partial charge in [-0.05, 0) is 13.3 Å². The van der Waals surface area contributed by atoms with Gasteiger partial charge in [-0.2, -0.15) is 0 Å². The minimum absolute atomic E-state index is 0.0387. The van der Waals surface area contributed by atoms with Crippen LogP contribution in [-0.2, 0) is 9.59 Å². The van der Waals surface area contributed by atoms with E-state index in [1.807, 2.05) is 0 Å². The zero-order chi connectivity index (χ0) is 10.6. The van der Waals surface area contributed by atoms with Gasteiger partial charge in [0, 0.05) is 19.0 Å². The molecular formula is C9H16N2O3. The van der Waals surface area contributed by atoms with E-state index in [0.29, 0.717) is 13.0 Å². The maximum atomic E-state index is 11.3. The summed E-state index contributed by atoms with van der Waals surface area (Å²) in [5, 5.41) is 11.3. The Morgan fingerprint density at radius 3 is 2.93 bits per heavy atom. The highest BCUT2D eigenvalue weighted by molar-refractivity contribution is 5.85. The number of nitrogens with one attached hydrogen (secondary N) is 1. The van der Waals surface area contributed by atoms with E-state index in [0.717, 1.165) is 6.42 Å². The summed E-state index contributed by atoms with van der Waals surface area (Å²) in [5.41, 5.74) is 0. The van der Waals surface area contributed by atoms with Crippen molar-refractivity contribution in [1.82, 2.24) is 10.2 Å². The highest BCUT2D eigenvalue weighted by atomic mass is 16.3. The Labute approximate surface area is 83.1 Å². The lowest BCUT2D eigenvalue weighted by Crippen LogP contribution is -2.42. The third-order valence-electron chi connectivity index (χ3n) is 2.19. The van der Waals surface area contributed by atoms with Gasteiger partial charge in [-0.25, -0.2) is 0 Å². The van der Waals surface area contributed by atoms with E-state index in [2.05, 4.69) is 5.32 Å². The van der Waals surface area contributed by atoms with E-state index in [9.17, 15) is 9.59 Å². The lowest BCUT2D eigenvalue weighted by atomic mass is 10.3. The Morgan fingerprint density at radius 1 is 1.71 bits per heavy atom. The third-order valence-corrected chi connectivity index (χ3v) is 2.19. The molecule has 0 aliphatic carbocycles. The van der Waals surface area contributed by atoms with Crippen LogP contribution >= 0.6 is 0 Å². The Kier molecular flexibility index (Phi) is 3.88. The summed E-state index contributed by atoms with van der Waals surface area (Å²) < 4.78 is 0. The number of hydrogen-bond donors (Lipinski definition) is 2. The topological polar surface area (TPSA) is 69.6 Å². The lowest BCUT2D eigenvalue weighted by molar-refractivity contribution is -0.133. The van der Waals surface area contributed by atoms with Crippen molar-refractivity contribution < 1.29 is 14.7 Å². The smallest absolute Gasteiger partial charge is 0.239 e. The van der Waals surface area contributed by atoms with Crippen molar-refractivity contribution in [2.24, 2.45) is 0 Å². The summed E-state index contributed by atoms with van der Waals surface area (Å²) in [6.45, 7) is 2.41. The second-order valence-electron chi connectivity index (χ2n) is 3.57. The van der Waals surface area contributed by atoms with E-state index in [4.69, 9.17) is 5.11 Å². The van der Waals surface area contributed by atoms with Crippen LogP contribution in [0.2, 0.25) is 0 Å². The summed E-state index contributed by atoms with van der Waals surface area (Å²) >= 11 is 0. The van der Waals surface area contributed by atoms with Crippen molar-refractivity contribution in [1.29, 1.82) is 0 Å². The Balaban J connectivity index is 2.29. The molecule has 0 spiro atoms. The number of hydrogen-bond acceptors (Lipinski definition) is 3. The van der Waals surface area contributed by atoms with Crippen LogP contribution in [0.3, 0.4) is 0 Å². The third kappa shape index (κ3) is 2.99. The first-order chi connectivity index (χ1) is 6.63. The molecule has 1 atom stereocenters. The van der Waals surface area contributed by atoms with Crippen molar-refractivity contribution in [3.63, 3.8) is 0 Å². The van der Waals surface area contributed by atoms with E-state index in [1.165, 1.54) is 0 Å². The molecule has 2 amide bonds. The fourth-order valence-corrected chi connectivity index (χ4v) is 1.41. The normalized spacial score (nSPS) is 18.4. The minimum Gasteiger partial charge on any atom is -0.394 e. The van der Waals surface area contributed by atoms with E-state index in [-0.39, 0.29) is 31.0 Å². The van der Waals surface area contributed by atoms with Crippen LogP contribution in [-0.4, -0.2) is 47.6 Å². The Bertz CT molecular complexity index is 230. The Hall–Kier alpha value is -1.10. The zero-order valence-electron chi connectivity index (χ0n) is 8.32. The second kappa shape index (κ2) is 4.95. The summed E-state index contributed by atoms with van der Waals surface area (Å²) in [6, 6.07) is -0.250. The first-order valence-electron chi connectivity index (χ1n) is 4.81. The van der Waals surface area contributed by atoms with Crippen LogP contribution in [0.1, 0.15) is 19.8 Å². The SMILES string of the molecule is C[C@@H](CO)NC(=O)CN1CCCC1=O. The maximum absolute atomic E-state index is 11.3. The summed E-state index contributed by atoms with van der Waals surface area (Å²) in [7, 11) is 0. The van der Waals surface area contributed by atoms with Gasteiger partial charge >= 0.3 is 0 Å². The average molecular weight is 200 g/mol. The number of carbonyl (C=O) groups excluding carboxylic acids is 2. The molecule has 2 N–H and O–H groups in total. The van der Waals surface area contributed by atoms with Crippen LogP contribution in [0.15, 0.2) is 0 Å². The molecule has 1 saturated heterocycles. The molecule has 0 aromatic rings. The zero-order valence-corrected chi connectivity index (χ0v) is 8.32. The van der Waals surface area contributed by atoms with Gasteiger partial charge in [0.25, 0.3) is 0 Å². The highest BCUT2D eigenvalue weighted by Gasteiger charge is 2.22. The van der Waals surface area contributed by atoms with Crippen LogP contribution < -0.4 is 5.32 Å². The quantitative estimate of drug-likeness (QED) is 0.618. The van der Waals surface area contributed by atoms with E-state index in [1.54, 1.807) is 11.8 Å². The molecule has 1 aliphatic rings. The van der Waals surface area contributed by atoms with Gasteiger partial charge in [-0.3, -0.25) is 9.59 Å². The number of aliphatic hydroxyl groups excluding tert-OH is 1. The number of rotatable bonds is 4. The van der Waals surface area contributed by atoms with Crippen molar-refractivity contribution in [3.8, 4) is 0 Å². The second-order valence-corrected chi connectivity index (χ2v) is 3.57. The van der Waals surface area contributed by atoms with Crippen LogP contribution in [0, 0.1) is 0 Å². The van der Waals surface area contributed by atoms with Gasteiger partial charge < -0.3 is 15.3 Å². The van der Waals surface area contributed by atoms with Gasteiger partial charge in [-0.15, -0.1) is 0 Å². The van der Waals surface area contributed by atoms with Crippen LogP contribution in [0.5, 0.6) is 0 Å². The van der Waals surface area contributed by atoms with Crippen LogP contribution in [0.25, 0.3) is 0 Å². The summed E-state index contributed by atoms with van der Waals surface area (Å²) in [5.74, 6) is -0.168. The highest BCUT2D eigenvalue weighted by Crippen LogP contribution is 2.08. The molecular weight excluding hydrogens is 184 g/mol. The summed E-state index contributed by atoms with van der Waals surface area (Å²) in [6.07, 6.45) is 1.38. The molecule has 1 heterocycles. The molecule has 0 unspecified atom stereocenters. The molecule has 0 aromatic heterocycles. The summed E-state index contributed by atoms with van der Waals surface area (Å²) in [4.78, 5) is 24.0. The number of carbonyl (C=O) groups is 2. The fraction of sp³-hybridized carbons (Fsp3) is 0.778. The number of aliphatic hydroxyl groups is 1. The predicted molar refractivity (Wildman–Crippen MR) is 50.5 cm³/mol. The van der Waals surface area contributed by atoms with Gasteiger partial charge in [0.15, 0.2) is 0 Å². The first kappa shape index (κ1) is 11.0. The number of nitrogens with zero attached hydrogens (tertiary/aromatic N) is 1. The molecule has 0 saturated carbocycles. The molecule has 0 aromatic carbocycles. The standard InChI is InChI=1S/C9H16N2O3/c1-7(6-12)10-8(13)5-11-4-2-3-9(11)14/h7,12H,2-6H2,1H3,(H,10,13)/t7-/m0/s1. The molecule has 1 rings (SSSR count). The van der Waals surface area contributed by atoms with E-state index >= 15 is 0 Å². The van der Waals surface area contributed by atoms with E-state index < -0.39 is 0 Å². The number of likely N-dealkylation sites (tertiary alicyclic amines) is 1. The molecule has 1 aliphatic heterocycles. The number of amides is 2. The molecule has 1 fully saturated rings. The van der Waals surface area contributed by atoms with Crippen LogP contribution in [0.4, 0.5) is 0 Å². The van der Waals surface area contributed by atoms with Gasteiger partial charge in [0.05, 0.1) is 13.2 Å². The molecule has 14 heavy (non-hydrogen) atoms. The molecule has 0 bridgehead atoms. The van der Waals surface area contributed by atoms with Gasteiger partial charge in [0.1, 0.15) is 0 Å². The first-order valence-corrected chi connectivity index (χ1v) is 4.81. The van der Waals surface area contributed by atoms with Gasteiger partial charge in [-0.1, -0.05) is 0 Å². The monoisotopic (exact) mass is 200 g/mol. The van der Waals surface area contributed by atoms with Crippen molar-refractivity contribution in [2.75, 3.05) is 19.7 Å². The molecule has 0 radical (unpaired) electrons. The van der Waals surface area contributed by atoms with Crippen molar-refractivity contribution >= 4 is 11.8 Å². The average Bonchev–Trinajstić information content (AvgIpc) is 2.51. The minimum atomic E-state index is -0.250. The van der Waals surface area contributed by atoms with Crippen molar-refractivity contribution in [3.05, 3.63) is 0 Å². The largest absolute Gasteiger partial charge is 0.394 e. The van der Waals surface area contributed by atoms with Crippen molar-refractivity contribution in [2.45, 2.75) is 25.8 Å². The maximum Gasteiger partial charge on any atom is 0.239 e. The predicted octanol–water partition coefficient (Wildman–Crippen LogP) is -0.894.